The van der Waals surface area contributed by atoms with E-state index in [0.29, 0.717) is 23.3 Å². The summed E-state index contributed by atoms with van der Waals surface area (Å²) in [4.78, 5) is 26.5. The van der Waals surface area contributed by atoms with Gasteiger partial charge in [-0.05, 0) is 41.5 Å². The van der Waals surface area contributed by atoms with Crippen LogP contribution in [0.2, 0.25) is 0 Å². The molecule has 0 amide bonds. The lowest BCUT2D eigenvalue weighted by molar-refractivity contribution is 1.07. The molecule has 0 aliphatic rings. The fourth-order valence-electron chi connectivity index (χ4n) is 7.12. The standard InChI is InChI=1S/C49H31N5S2/c1-3-37-39-29-36(49-53-47(33-20-11-6-12-21-33)52-48(54-49)35-23-15-22-34(28-35)31-16-7-4-8-17-31)26-27-41(39)55-44(37)30(2)42-45-43(38-24-13-14-25-40(38)56-45)51-46(50-42)32-18-9-5-10-19-32/h3-29H,1-2H2. The predicted molar refractivity (Wildman–Crippen MR) is 236 cm³/mol. The van der Waals surface area contributed by atoms with Crippen molar-refractivity contribution in [2.24, 2.45) is 0 Å². The van der Waals surface area contributed by atoms with Crippen LogP contribution in [0, 0.1) is 0 Å². The number of rotatable bonds is 8. The van der Waals surface area contributed by atoms with Crippen LogP contribution in [-0.2, 0) is 0 Å². The van der Waals surface area contributed by atoms with Crippen LogP contribution in [0.25, 0.3) is 98.7 Å². The molecule has 0 spiro atoms. The molecule has 0 unspecified atom stereocenters. The van der Waals surface area contributed by atoms with Gasteiger partial charge < -0.3 is 0 Å². The maximum Gasteiger partial charge on any atom is 0.164 e. The normalized spacial score (nSPS) is 11.4. The number of hydrogen-bond donors (Lipinski definition) is 0. The highest BCUT2D eigenvalue weighted by Crippen LogP contribution is 2.44. The topological polar surface area (TPSA) is 64.5 Å². The Kier molecular flexibility index (Phi) is 8.44. The smallest absolute Gasteiger partial charge is 0.164 e. The molecule has 0 atom stereocenters. The van der Waals surface area contributed by atoms with Crippen LogP contribution in [0.15, 0.2) is 171 Å². The van der Waals surface area contributed by atoms with Gasteiger partial charge in [0.1, 0.15) is 0 Å². The Balaban J connectivity index is 1.11. The van der Waals surface area contributed by atoms with Gasteiger partial charge in [0, 0.05) is 58.4 Å². The molecule has 10 rings (SSSR count). The minimum Gasteiger partial charge on any atom is -0.226 e. The molecule has 4 heterocycles. The maximum atomic E-state index is 5.20. The summed E-state index contributed by atoms with van der Waals surface area (Å²) >= 11 is 3.40. The Bertz CT molecular complexity index is 3110. The first kappa shape index (κ1) is 33.6. The molecule has 0 radical (unpaired) electrons. The van der Waals surface area contributed by atoms with Crippen molar-refractivity contribution in [1.82, 2.24) is 24.9 Å². The van der Waals surface area contributed by atoms with E-state index in [9.17, 15) is 0 Å². The quantitative estimate of drug-likeness (QED) is 0.155. The van der Waals surface area contributed by atoms with Crippen LogP contribution in [0.5, 0.6) is 0 Å². The van der Waals surface area contributed by atoms with Gasteiger partial charge in [-0.3, -0.25) is 0 Å². The van der Waals surface area contributed by atoms with Gasteiger partial charge in [-0.15, -0.1) is 22.7 Å². The van der Waals surface area contributed by atoms with Crippen LogP contribution in [0.3, 0.4) is 0 Å². The molecule has 0 aliphatic carbocycles. The zero-order chi connectivity index (χ0) is 37.6. The molecule has 264 valence electrons. The largest absolute Gasteiger partial charge is 0.226 e. The Hall–Kier alpha value is -6.93. The lowest BCUT2D eigenvalue weighted by Gasteiger charge is -2.10. The summed E-state index contributed by atoms with van der Waals surface area (Å²) in [7, 11) is 0. The molecule has 56 heavy (non-hydrogen) atoms. The Morgan fingerprint density at radius 3 is 1.66 bits per heavy atom. The minimum absolute atomic E-state index is 0.595. The van der Waals surface area contributed by atoms with Crippen molar-refractivity contribution in [3.8, 4) is 56.7 Å². The first-order chi connectivity index (χ1) is 27.6. The molecule has 5 nitrogen and oxygen atoms in total. The summed E-state index contributed by atoms with van der Waals surface area (Å²) in [5.74, 6) is 2.50. The van der Waals surface area contributed by atoms with Gasteiger partial charge in [0.15, 0.2) is 23.3 Å². The van der Waals surface area contributed by atoms with E-state index in [-0.39, 0.29) is 0 Å². The second-order valence-electron chi connectivity index (χ2n) is 13.4. The third-order valence-electron chi connectivity index (χ3n) is 9.90. The van der Waals surface area contributed by atoms with Crippen molar-refractivity contribution in [2.45, 2.75) is 0 Å². The van der Waals surface area contributed by atoms with E-state index in [1.807, 2.05) is 72.8 Å². The predicted octanol–water partition coefficient (Wildman–Crippen LogP) is 13.3. The molecule has 0 aliphatic heterocycles. The van der Waals surface area contributed by atoms with Gasteiger partial charge in [-0.25, -0.2) is 24.9 Å². The van der Waals surface area contributed by atoms with E-state index >= 15 is 0 Å². The number of hydrogen-bond acceptors (Lipinski definition) is 7. The Morgan fingerprint density at radius 2 is 0.982 bits per heavy atom. The second-order valence-corrected chi connectivity index (χ2v) is 15.5. The number of benzene rings is 6. The van der Waals surface area contributed by atoms with Crippen molar-refractivity contribution in [3.05, 3.63) is 187 Å². The molecule has 10 aromatic rings. The highest BCUT2D eigenvalue weighted by atomic mass is 32.1. The van der Waals surface area contributed by atoms with E-state index in [1.165, 1.54) is 4.70 Å². The Labute approximate surface area is 331 Å². The van der Waals surface area contributed by atoms with E-state index in [0.717, 1.165) is 80.8 Å². The number of aromatic nitrogens is 5. The average Bonchev–Trinajstić information content (AvgIpc) is 3.85. The van der Waals surface area contributed by atoms with Gasteiger partial charge in [0.05, 0.1) is 15.9 Å². The summed E-state index contributed by atoms with van der Waals surface area (Å²) in [6.45, 7) is 8.99. The van der Waals surface area contributed by atoms with Crippen molar-refractivity contribution >= 4 is 64.7 Å². The monoisotopic (exact) mass is 753 g/mol. The third-order valence-corrected chi connectivity index (χ3v) is 12.3. The molecule has 0 saturated carbocycles. The van der Waals surface area contributed by atoms with Crippen molar-refractivity contribution in [2.75, 3.05) is 0 Å². The highest BCUT2D eigenvalue weighted by molar-refractivity contribution is 7.26. The fourth-order valence-corrected chi connectivity index (χ4v) is 9.44. The van der Waals surface area contributed by atoms with Gasteiger partial charge in [0.25, 0.3) is 0 Å². The molecule has 0 bridgehead atoms. The molecular formula is C49H31N5S2. The molecule has 4 aromatic heterocycles. The fraction of sp³-hybridized carbons (Fsp3) is 0. The van der Waals surface area contributed by atoms with Gasteiger partial charge in [-0.1, -0.05) is 147 Å². The summed E-state index contributed by atoms with van der Waals surface area (Å²) in [6, 6.07) is 53.7. The van der Waals surface area contributed by atoms with Gasteiger partial charge in [0.2, 0.25) is 0 Å². The second kappa shape index (κ2) is 14.0. The van der Waals surface area contributed by atoms with Crippen LogP contribution in [-0.4, -0.2) is 24.9 Å². The maximum absolute atomic E-state index is 5.20. The summed E-state index contributed by atoms with van der Waals surface area (Å²) in [5.41, 5.74) is 9.53. The molecule has 0 N–H and O–H groups in total. The van der Waals surface area contributed by atoms with Gasteiger partial charge >= 0.3 is 0 Å². The number of nitrogens with zero attached hydrogens (tertiary/aromatic N) is 5. The first-order valence-electron chi connectivity index (χ1n) is 18.2. The summed E-state index contributed by atoms with van der Waals surface area (Å²) < 4.78 is 3.30. The minimum atomic E-state index is 0.595. The number of fused-ring (bicyclic) bond motifs is 4. The number of thiophene rings is 2. The zero-order valence-electron chi connectivity index (χ0n) is 30.1. The van der Waals surface area contributed by atoms with Crippen LogP contribution >= 0.6 is 22.7 Å². The molecule has 0 saturated heterocycles. The first-order valence-corrected chi connectivity index (χ1v) is 19.9. The van der Waals surface area contributed by atoms with Gasteiger partial charge in [-0.2, -0.15) is 0 Å². The zero-order valence-corrected chi connectivity index (χ0v) is 31.7. The lowest BCUT2D eigenvalue weighted by atomic mass is 10.0. The molecule has 7 heteroatoms. The average molecular weight is 754 g/mol. The van der Waals surface area contributed by atoms with Crippen molar-refractivity contribution in [3.63, 3.8) is 0 Å². The van der Waals surface area contributed by atoms with E-state index in [1.54, 1.807) is 22.7 Å². The van der Waals surface area contributed by atoms with Crippen LogP contribution in [0.1, 0.15) is 16.1 Å². The summed E-state index contributed by atoms with van der Waals surface area (Å²) in [5, 5.41) is 2.17. The Morgan fingerprint density at radius 1 is 0.446 bits per heavy atom. The molecule has 6 aromatic carbocycles. The highest BCUT2D eigenvalue weighted by Gasteiger charge is 2.22. The van der Waals surface area contributed by atoms with Crippen LogP contribution in [0.4, 0.5) is 0 Å². The third kappa shape index (κ3) is 6.00. The van der Waals surface area contributed by atoms with E-state index in [4.69, 9.17) is 31.5 Å². The molecular weight excluding hydrogens is 723 g/mol. The SMILES string of the molecule is C=Cc1c(C(=C)c2nc(-c3ccccc3)nc3c2sc2ccccc23)sc2ccc(-c3nc(-c4ccccc4)nc(-c4cccc(-c5ccccc5)c4)n3)cc12. The molecule has 0 fully saturated rings. The lowest BCUT2D eigenvalue weighted by Crippen LogP contribution is -2.00. The van der Waals surface area contributed by atoms with E-state index < -0.39 is 0 Å². The van der Waals surface area contributed by atoms with Crippen molar-refractivity contribution < 1.29 is 0 Å². The summed E-state index contributed by atoms with van der Waals surface area (Å²) in [6.07, 6.45) is 1.92. The van der Waals surface area contributed by atoms with Crippen LogP contribution < -0.4 is 0 Å². The van der Waals surface area contributed by atoms with Crippen molar-refractivity contribution in [1.29, 1.82) is 0 Å². The van der Waals surface area contributed by atoms with E-state index in [2.05, 4.69) is 97.6 Å².